The zero-order valence-electron chi connectivity index (χ0n) is 15.3. The van der Waals surface area contributed by atoms with Crippen LogP contribution < -0.4 is 4.90 Å². The molecule has 1 aromatic rings. The van der Waals surface area contributed by atoms with Crippen LogP contribution in [0.15, 0.2) is 18.3 Å². The van der Waals surface area contributed by atoms with Crippen molar-refractivity contribution in [3.8, 4) is 0 Å². The van der Waals surface area contributed by atoms with Gasteiger partial charge in [-0.1, -0.05) is 20.8 Å². The zero-order valence-corrected chi connectivity index (χ0v) is 15.3. The zero-order chi connectivity index (χ0) is 16.9. The highest BCUT2D eigenvalue weighted by molar-refractivity contribution is 5.45. The molecule has 1 N–H and O–H groups in total. The summed E-state index contributed by atoms with van der Waals surface area (Å²) < 4.78 is 0. The van der Waals surface area contributed by atoms with Gasteiger partial charge in [-0.25, -0.2) is 0 Å². The van der Waals surface area contributed by atoms with Gasteiger partial charge in [-0.05, 0) is 57.8 Å². The van der Waals surface area contributed by atoms with E-state index in [9.17, 15) is 5.11 Å². The molecule has 1 atom stereocenters. The quantitative estimate of drug-likeness (QED) is 0.929. The molecule has 0 amide bonds. The van der Waals surface area contributed by atoms with Gasteiger partial charge in [0, 0.05) is 24.8 Å². The molecule has 0 aliphatic carbocycles. The number of aryl methyl sites for hydroxylation is 1. The van der Waals surface area contributed by atoms with Gasteiger partial charge in [-0.2, -0.15) is 0 Å². The first-order valence-corrected chi connectivity index (χ1v) is 9.25. The van der Waals surface area contributed by atoms with E-state index >= 15 is 0 Å². The summed E-state index contributed by atoms with van der Waals surface area (Å²) in [6.07, 6.45) is 7.03. The summed E-state index contributed by atoms with van der Waals surface area (Å²) in [4.78, 5) is 9.18. The van der Waals surface area contributed by atoms with Crippen molar-refractivity contribution in [1.29, 1.82) is 0 Å². The largest absolute Gasteiger partial charge is 0.388 e. The Labute approximate surface area is 141 Å². The maximum atomic E-state index is 11.0. The third kappa shape index (κ3) is 4.04. The van der Waals surface area contributed by atoms with Crippen LogP contribution in [0.1, 0.15) is 52.1 Å². The normalized spacial score (nSPS) is 24.2. The van der Waals surface area contributed by atoms with Crippen molar-refractivity contribution >= 4 is 5.69 Å². The van der Waals surface area contributed by atoms with Crippen LogP contribution in [0.5, 0.6) is 0 Å². The van der Waals surface area contributed by atoms with Crippen molar-refractivity contribution in [2.45, 2.75) is 64.5 Å². The number of likely N-dealkylation sites (tertiary alicyclic amines) is 1. The van der Waals surface area contributed by atoms with Crippen LogP contribution in [0.25, 0.3) is 0 Å². The second-order valence-corrected chi connectivity index (χ2v) is 6.59. The van der Waals surface area contributed by atoms with Gasteiger partial charge in [0.15, 0.2) is 0 Å². The van der Waals surface area contributed by atoms with Crippen LogP contribution in [0.4, 0.5) is 5.69 Å². The third-order valence-corrected chi connectivity index (χ3v) is 5.31. The lowest BCUT2D eigenvalue weighted by Crippen LogP contribution is -2.55. The number of hydrogen-bond donors (Lipinski definition) is 1. The number of anilines is 1. The summed E-state index contributed by atoms with van der Waals surface area (Å²) in [6, 6.07) is 4.62. The molecule has 2 aliphatic heterocycles. The lowest BCUT2D eigenvalue weighted by Gasteiger charge is -2.44. The average Bonchev–Trinajstić information content (AvgIpc) is 3.04. The fraction of sp³-hybridized carbons (Fsp3) is 0.737. The Morgan fingerprint density at radius 3 is 2.39 bits per heavy atom. The van der Waals surface area contributed by atoms with E-state index in [4.69, 9.17) is 0 Å². The van der Waals surface area contributed by atoms with Crippen LogP contribution in [0, 0.1) is 0 Å². The van der Waals surface area contributed by atoms with E-state index in [2.05, 4.69) is 40.9 Å². The third-order valence-electron chi connectivity index (χ3n) is 5.31. The van der Waals surface area contributed by atoms with Gasteiger partial charge in [-0.15, -0.1) is 0 Å². The average molecular weight is 319 g/mol. The van der Waals surface area contributed by atoms with Crippen molar-refractivity contribution < 1.29 is 5.11 Å². The molecular formula is C19H33N3O. The van der Waals surface area contributed by atoms with Crippen molar-refractivity contribution in [1.82, 2.24) is 9.88 Å². The predicted molar refractivity (Wildman–Crippen MR) is 97.0 cm³/mol. The van der Waals surface area contributed by atoms with Gasteiger partial charge in [0.25, 0.3) is 0 Å². The summed E-state index contributed by atoms with van der Waals surface area (Å²) >= 11 is 0. The van der Waals surface area contributed by atoms with E-state index in [1.165, 1.54) is 12.1 Å². The number of piperidine rings is 1. The lowest BCUT2D eigenvalue weighted by molar-refractivity contribution is -0.0449. The number of pyridine rings is 1. The minimum atomic E-state index is -0.501. The predicted octanol–water partition coefficient (Wildman–Crippen LogP) is 3.10. The maximum Gasteiger partial charge on any atom is 0.0835 e. The number of aromatic nitrogens is 1. The molecule has 0 bridgehead atoms. The molecule has 3 heterocycles. The van der Waals surface area contributed by atoms with E-state index in [0.29, 0.717) is 6.04 Å². The molecule has 2 aliphatic rings. The van der Waals surface area contributed by atoms with Gasteiger partial charge in [0.1, 0.15) is 0 Å². The number of hydrogen-bond acceptors (Lipinski definition) is 4. The van der Waals surface area contributed by atoms with Crippen LogP contribution in [-0.2, 0) is 6.42 Å². The van der Waals surface area contributed by atoms with E-state index in [0.717, 1.165) is 51.0 Å². The highest BCUT2D eigenvalue weighted by Gasteiger charge is 2.43. The summed E-state index contributed by atoms with van der Waals surface area (Å²) in [5.74, 6) is 0. The fourth-order valence-corrected chi connectivity index (χ4v) is 3.89. The van der Waals surface area contributed by atoms with E-state index < -0.39 is 5.60 Å². The van der Waals surface area contributed by atoms with Gasteiger partial charge in [-0.3, -0.25) is 4.98 Å². The summed E-state index contributed by atoms with van der Waals surface area (Å²) in [7, 11) is 2.15. The second-order valence-electron chi connectivity index (χ2n) is 6.59. The van der Waals surface area contributed by atoms with E-state index in [1.807, 2.05) is 20.0 Å². The van der Waals surface area contributed by atoms with Crippen LogP contribution >= 0.6 is 0 Å². The Morgan fingerprint density at radius 1 is 1.22 bits per heavy atom. The molecule has 1 aromatic heterocycles. The minimum absolute atomic E-state index is 0.347. The van der Waals surface area contributed by atoms with Gasteiger partial charge < -0.3 is 14.9 Å². The molecule has 130 valence electrons. The molecule has 0 spiro atoms. The lowest BCUT2D eigenvalue weighted by atomic mass is 9.83. The number of likely N-dealkylation sites (N-methyl/N-ethyl adjacent to an activating group) is 1. The Kier molecular flexibility index (Phi) is 6.42. The summed E-state index contributed by atoms with van der Waals surface area (Å²) in [5, 5.41) is 11.0. The minimum Gasteiger partial charge on any atom is -0.388 e. The summed E-state index contributed by atoms with van der Waals surface area (Å²) in [5.41, 5.74) is 1.83. The van der Waals surface area contributed by atoms with E-state index in [-0.39, 0.29) is 0 Å². The van der Waals surface area contributed by atoms with Gasteiger partial charge in [0.05, 0.1) is 17.5 Å². The number of nitrogens with zero attached hydrogens (tertiary/aromatic N) is 3. The molecule has 0 saturated carbocycles. The molecule has 1 unspecified atom stereocenters. The fourth-order valence-electron chi connectivity index (χ4n) is 3.89. The van der Waals surface area contributed by atoms with Crippen molar-refractivity contribution in [3.05, 3.63) is 24.0 Å². The molecule has 4 nitrogen and oxygen atoms in total. The smallest absolute Gasteiger partial charge is 0.0835 e. The maximum absolute atomic E-state index is 11.0. The molecular weight excluding hydrogens is 286 g/mol. The highest BCUT2D eigenvalue weighted by atomic mass is 16.3. The Balaban J connectivity index is 0.000000924. The standard InChI is InChI=1S/C17H27N3O.C2H6/c1-3-14-6-7-15(13-18-14)20-11-8-17(21,9-12-20)16-5-4-10-19(16)2;1-2/h6-7,13,16,21H,3-5,8-12H2,1-2H3;1-2H3. The van der Waals surface area contributed by atoms with Crippen LogP contribution in [0.2, 0.25) is 0 Å². The first-order chi connectivity index (χ1) is 11.1. The first-order valence-electron chi connectivity index (χ1n) is 9.25. The Hall–Kier alpha value is -1.13. The SMILES string of the molecule is CC.CCc1ccc(N2CCC(O)(C3CCCN3C)CC2)cn1. The molecule has 23 heavy (non-hydrogen) atoms. The topological polar surface area (TPSA) is 39.6 Å². The Bertz CT molecular complexity index is 466. The van der Waals surface area contributed by atoms with Gasteiger partial charge >= 0.3 is 0 Å². The van der Waals surface area contributed by atoms with E-state index in [1.54, 1.807) is 0 Å². The van der Waals surface area contributed by atoms with Crippen molar-refractivity contribution in [2.24, 2.45) is 0 Å². The first kappa shape index (κ1) is 18.2. The number of aliphatic hydroxyl groups is 1. The van der Waals surface area contributed by atoms with Crippen molar-refractivity contribution in [2.75, 3.05) is 31.6 Å². The monoisotopic (exact) mass is 319 g/mol. The molecule has 4 heteroatoms. The second kappa shape index (κ2) is 8.11. The highest BCUT2D eigenvalue weighted by Crippen LogP contribution is 2.35. The van der Waals surface area contributed by atoms with Gasteiger partial charge in [0.2, 0.25) is 0 Å². The number of rotatable bonds is 3. The van der Waals surface area contributed by atoms with Crippen LogP contribution in [0.3, 0.4) is 0 Å². The molecule has 2 fully saturated rings. The molecule has 2 saturated heterocycles. The molecule has 3 rings (SSSR count). The Morgan fingerprint density at radius 2 is 1.91 bits per heavy atom. The molecule has 0 aromatic carbocycles. The summed E-state index contributed by atoms with van der Waals surface area (Å²) in [6.45, 7) is 9.10. The molecule has 0 radical (unpaired) electrons. The van der Waals surface area contributed by atoms with Crippen molar-refractivity contribution in [3.63, 3.8) is 0 Å². The van der Waals surface area contributed by atoms with Crippen LogP contribution in [-0.4, -0.2) is 53.3 Å².